The van der Waals surface area contributed by atoms with Crippen molar-refractivity contribution in [3.63, 3.8) is 0 Å². The summed E-state index contributed by atoms with van der Waals surface area (Å²) in [4.78, 5) is 12.9. The molecule has 6 nitrogen and oxygen atoms in total. The van der Waals surface area contributed by atoms with Crippen LogP contribution in [-0.2, 0) is 10.2 Å². The molecule has 2 heterocycles. The van der Waals surface area contributed by atoms with Crippen molar-refractivity contribution in [1.29, 1.82) is 0 Å². The van der Waals surface area contributed by atoms with Gasteiger partial charge in [0, 0.05) is 18.5 Å². The molecule has 2 unspecified atom stereocenters. The van der Waals surface area contributed by atoms with Crippen LogP contribution < -0.4 is 25.6 Å². The molecule has 0 saturated carbocycles. The highest BCUT2D eigenvalue weighted by Crippen LogP contribution is 2.36. The lowest BCUT2D eigenvalue weighted by Gasteiger charge is -2.27. The van der Waals surface area contributed by atoms with E-state index in [9.17, 15) is 4.79 Å². The highest BCUT2D eigenvalue weighted by Gasteiger charge is 2.34. The number of nitrogens with one attached hydrogen (secondary N) is 3. The van der Waals surface area contributed by atoms with Crippen LogP contribution in [0.2, 0.25) is 0 Å². The maximum absolute atomic E-state index is 12.9. The maximum Gasteiger partial charge on any atom is 0.231 e. The highest BCUT2D eigenvalue weighted by molar-refractivity contribution is 5.80. The van der Waals surface area contributed by atoms with E-state index in [-0.39, 0.29) is 30.1 Å². The molecular formula is C21H25N3O3. The average molecular weight is 367 g/mol. The van der Waals surface area contributed by atoms with Gasteiger partial charge < -0.3 is 14.8 Å². The minimum absolute atomic E-state index is 0.0279. The van der Waals surface area contributed by atoms with Gasteiger partial charge in [0.15, 0.2) is 11.5 Å². The standard InChI is InChI=1S/C21H25N3O3/c1-21(2,15-8-9-17-18(10-15)27-13-26-17)12-22-20(25)16-11-23-24-19(16)14-6-4-3-5-7-14/h3-10,16,19,23-24H,11-13H2,1-2H3,(H,22,25). The van der Waals surface area contributed by atoms with E-state index in [1.54, 1.807) is 0 Å². The van der Waals surface area contributed by atoms with E-state index < -0.39 is 0 Å². The first-order valence-corrected chi connectivity index (χ1v) is 9.26. The Hall–Kier alpha value is -2.57. The summed E-state index contributed by atoms with van der Waals surface area (Å²) in [5.74, 6) is 1.43. The molecule has 0 bridgehead atoms. The molecule has 2 aliphatic rings. The average Bonchev–Trinajstić information content (AvgIpc) is 3.35. The molecule has 0 aliphatic carbocycles. The quantitative estimate of drug-likeness (QED) is 0.756. The molecule has 142 valence electrons. The molecule has 1 fully saturated rings. The Balaban J connectivity index is 1.42. The SMILES string of the molecule is CC(C)(CNC(=O)C1CNNC1c1ccccc1)c1ccc2c(c1)OCO2. The van der Waals surface area contributed by atoms with Gasteiger partial charge in [0.05, 0.1) is 12.0 Å². The number of hydrazine groups is 1. The Morgan fingerprint density at radius 2 is 1.93 bits per heavy atom. The van der Waals surface area contributed by atoms with Crippen molar-refractivity contribution in [2.75, 3.05) is 19.9 Å². The normalized spacial score (nSPS) is 21.3. The smallest absolute Gasteiger partial charge is 0.231 e. The zero-order valence-electron chi connectivity index (χ0n) is 15.6. The van der Waals surface area contributed by atoms with Crippen molar-refractivity contribution in [2.24, 2.45) is 5.92 Å². The number of carbonyl (C=O) groups excluding carboxylic acids is 1. The van der Waals surface area contributed by atoms with Crippen LogP contribution >= 0.6 is 0 Å². The lowest BCUT2D eigenvalue weighted by Crippen LogP contribution is -2.41. The zero-order chi connectivity index (χ0) is 18.9. The highest BCUT2D eigenvalue weighted by atomic mass is 16.7. The molecule has 2 aromatic rings. The van der Waals surface area contributed by atoms with Gasteiger partial charge in [-0.2, -0.15) is 0 Å². The predicted octanol–water partition coefficient (Wildman–Crippen LogP) is 2.27. The van der Waals surface area contributed by atoms with Gasteiger partial charge in [0.1, 0.15) is 0 Å². The first kappa shape index (κ1) is 17.8. The van der Waals surface area contributed by atoms with Gasteiger partial charge in [-0.15, -0.1) is 0 Å². The number of hydrogen-bond acceptors (Lipinski definition) is 5. The molecule has 3 N–H and O–H groups in total. The Morgan fingerprint density at radius 1 is 1.15 bits per heavy atom. The summed E-state index contributed by atoms with van der Waals surface area (Å²) in [6.07, 6.45) is 0. The lowest BCUT2D eigenvalue weighted by molar-refractivity contribution is -0.125. The second kappa shape index (κ2) is 7.21. The van der Waals surface area contributed by atoms with Crippen LogP contribution in [0, 0.1) is 5.92 Å². The molecule has 4 rings (SSSR count). The van der Waals surface area contributed by atoms with Gasteiger partial charge in [-0.1, -0.05) is 50.2 Å². The number of carbonyl (C=O) groups is 1. The van der Waals surface area contributed by atoms with E-state index in [0.717, 1.165) is 22.6 Å². The van der Waals surface area contributed by atoms with E-state index in [4.69, 9.17) is 9.47 Å². The molecule has 0 spiro atoms. The predicted molar refractivity (Wildman–Crippen MR) is 102 cm³/mol. The fourth-order valence-electron chi connectivity index (χ4n) is 3.58. The number of benzene rings is 2. The van der Waals surface area contributed by atoms with Crippen molar-refractivity contribution >= 4 is 5.91 Å². The Morgan fingerprint density at radius 3 is 2.74 bits per heavy atom. The van der Waals surface area contributed by atoms with Crippen molar-refractivity contribution in [3.05, 3.63) is 59.7 Å². The van der Waals surface area contributed by atoms with Gasteiger partial charge in [0.2, 0.25) is 12.7 Å². The summed E-state index contributed by atoms with van der Waals surface area (Å²) in [5, 5.41) is 3.14. The van der Waals surface area contributed by atoms with Crippen LogP contribution in [0.5, 0.6) is 11.5 Å². The first-order chi connectivity index (χ1) is 13.0. The molecular weight excluding hydrogens is 342 g/mol. The summed E-state index contributed by atoms with van der Waals surface area (Å²) in [6.45, 7) is 5.65. The van der Waals surface area contributed by atoms with Crippen molar-refractivity contribution in [1.82, 2.24) is 16.2 Å². The number of ether oxygens (including phenoxy) is 2. The van der Waals surface area contributed by atoms with E-state index in [1.165, 1.54) is 0 Å². The molecule has 1 saturated heterocycles. The molecule has 27 heavy (non-hydrogen) atoms. The zero-order valence-corrected chi connectivity index (χ0v) is 15.6. The van der Waals surface area contributed by atoms with E-state index in [1.807, 2.05) is 48.5 Å². The fraction of sp³-hybridized carbons (Fsp3) is 0.381. The van der Waals surface area contributed by atoms with E-state index >= 15 is 0 Å². The first-order valence-electron chi connectivity index (χ1n) is 9.26. The third-order valence-electron chi connectivity index (χ3n) is 5.34. The molecule has 0 aromatic heterocycles. The Bertz CT molecular complexity index is 823. The maximum atomic E-state index is 12.9. The summed E-state index contributed by atoms with van der Waals surface area (Å²) in [7, 11) is 0. The number of amides is 1. The number of hydrogen-bond donors (Lipinski definition) is 3. The van der Waals surface area contributed by atoms with Crippen LogP contribution in [0.25, 0.3) is 0 Å². The van der Waals surface area contributed by atoms with Gasteiger partial charge in [-0.3, -0.25) is 10.2 Å². The van der Waals surface area contributed by atoms with Crippen molar-refractivity contribution in [3.8, 4) is 11.5 Å². The molecule has 2 aromatic carbocycles. The monoisotopic (exact) mass is 367 g/mol. The minimum Gasteiger partial charge on any atom is -0.454 e. The van der Waals surface area contributed by atoms with Gasteiger partial charge in [-0.25, -0.2) is 5.43 Å². The Labute approximate surface area is 159 Å². The minimum atomic E-state index is -0.224. The molecule has 0 radical (unpaired) electrons. The molecule has 2 aliphatic heterocycles. The van der Waals surface area contributed by atoms with Crippen LogP contribution in [0.4, 0.5) is 0 Å². The van der Waals surface area contributed by atoms with Crippen LogP contribution in [-0.4, -0.2) is 25.8 Å². The second-order valence-electron chi connectivity index (χ2n) is 7.69. The molecule has 1 amide bonds. The number of fused-ring (bicyclic) bond motifs is 1. The summed E-state index contributed by atoms with van der Waals surface area (Å²) < 4.78 is 10.9. The topological polar surface area (TPSA) is 71.6 Å². The fourth-order valence-corrected chi connectivity index (χ4v) is 3.58. The summed E-state index contributed by atoms with van der Waals surface area (Å²) in [5.41, 5.74) is 8.33. The largest absolute Gasteiger partial charge is 0.454 e. The Kier molecular flexibility index (Phi) is 4.76. The second-order valence-corrected chi connectivity index (χ2v) is 7.69. The van der Waals surface area contributed by atoms with Gasteiger partial charge >= 0.3 is 0 Å². The third-order valence-corrected chi connectivity index (χ3v) is 5.34. The van der Waals surface area contributed by atoms with Gasteiger partial charge in [0.25, 0.3) is 0 Å². The number of rotatable bonds is 5. The summed E-state index contributed by atoms with van der Waals surface area (Å²) in [6, 6.07) is 16.0. The van der Waals surface area contributed by atoms with E-state index in [2.05, 4.69) is 30.0 Å². The van der Waals surface area contributed by atoms with Crippen LogP contribution in [0.1, 0.15) is 31.0 Å². The van der Waals surface area contributed by atoms with Crippen LogP contribution in [0.15, 0.2) is 48.5 Å². The lowest BCUT2D eigenvalue weighted by atomic mass is 9.84. The van der Waals surface area contributed by atoms with E-state index in [0.29, 0.717) is 13.1 Å². The third kappa shape index (κ3) is 3.63. The van der Waals surface area contributed by atoms with Gasteiger partial charge in [-0.05, 0) is 23.3 Å². The van der Waals surface area contributed by atoms with Crippen molar-refractivity contribution < 1.29 is 14.3 Å². The molecule has 6 heteroatoms. The van der Waals surface area contributed by atoms with Crippen molar-refractivity contribution in [2.45, 2.75) is 25.3 Å². The van der Waals surface area contributed by atoms with Crippen LogP contribution in [0.3, 0.4) is 0 Å². The summed E-state index contributed by atoms with van der Waals surface area (Å²) >= 11 is 0. The molecule has 2 atom stereocenters.